The van der Waals surface area contributed by atoms with Crippen LogP contribution in [0.5, 0.6) is 5.75 Å². The molecule has 0 bridgehead atoms. The summed E-state index contributed by atoms with van der Waals surface area (Å²) in [5.41, 5.74) is 0.686. The Morgan fingerprint density at radius 1 is 1.57 bits per heavy atom. The molecule has 2 heterocycles. The first-order valence-electron chi connectivity index (χ1n) is 6.93. The Labute approximate surface area is 140 Å². The number of halogens is 3. The van der Waals surface area contributed by atoms with Crippen LogP contribution in [0.3, 0.4) is 0 Å². The van der Waals surface area contributed by atoms with Crippen LogP contribution in [0.4, 0.5) is 13.9 Å². The van der Waals surface area contributed by atoms with E-state index in [0.29, 0.717) is 29.4 Å². The highest BCUT2D eigenvalue weighted by atomic mass is 35.5. The third-order valence-electron chi connectivity index (χ3n) is 3.62. The van der Waals surface area contributed by atoms with Crippen LogP contribution in [0.1, 0.15) is 0 Å². The minimum atomic E-state index is -2.53. The van der Waals surface area contributed by atoms with Crippen LogP contribution in [-0.2, 0) is 4.79 Å². The molecular weight excluding hydrogens is 348 g/mol. The van der Waals surface area contributed by atoms with E-state index in [0.717, 1.165) is 9.83 Å². The molecule has 1 aliphatic heterocycles. The summed E-state index contributed by atoms with van der Waals surface area (Å²) in [6.45, 7) is 0.299. The third kappa shape index (κ3) is 3.18. The van der Waals surface area contributed by atoms with Gasteiger partial charge in [0.1, 0.15) is 11.3 Å². The van der Waals surface area contributed by atoms with Crippen LogP contribution in [0.2, 0.25) is 5.02 Å². The summed E-state index contributed by atoms with van der Waals surface area (Å²) in [4.78, 5) is 18.1. The van der Waals surface area contributed by atoms with Crippen LogP contribution >= 0.6 is 22.9 Å². The van der Waals surface area contributed by atoms with E-state index in [1.165, 1.54) is 11.3 Å². The van der Waals surface area contributed by atoms with E-state index in [1.54, 1.807) is 19.2 Å². The second kappa shape index (κ2) is 6.45. The van der Waals surface area contributed by atoms with E-state index in [-0.39, 0.29) is 11.8 Å². The zero-order chi connectivity index (χ0) is 16.6. The molecule has 1 aromatic heterocycles. The Kier molecular flexibility index (Phi) is 4.54. The smallest absolute Gasteiger partial charge is 0.255 e. The quantitative estimate of drug-likeness (QED) is 0.889. The predicted octanol–water partition coefficient (Wildman–Crippen LogP) is 2.78. The number of carbonyl (C=O) groups is 1. The maximum absolute atomic E-state index is 12.1. The second-order valence-electron chi connectivity index (χ2n) is 5.16. The maximum atomic E-state index is 12.1. The number of methoxy groups -OCH3 is 1. The summed E-state index contributed by atoms with van der Waals surface area (Å²) in [5.74, 6) is -0.00458. The molecule has 1 aliphatic rings. The Balaban J connectivity index is 1.69. The first-order chi connectivity index (χ1) is 11.0. The number of benzene rings is 1. The van der Waals surface area contributed by atoms with Crippen molar-refractivity contribution in [1.29, 1.82) is 0 Å². The van der Waals surface area contributed by atoms with Crippen LogP contribution < -0.4 is 15.0 Å². The van der Waals surface area contributed by atoms with Crippen molar-refractivity contribution in [3.05, 3.63) is 17.2 Å². The molecular formula is C14H14ClF2N3O2S. The van der Waals surface area contributed by atoms with Crippen molar-refractivity contribution < 1.29 is 18.3 Å². The number of hydrogen-bond donors (Lipinski definition) is 1. The number of thiazole rings is 1. The van der Waals surface area contributed by atoms with E-state index in [1.807, 2.05) is 4.90 Å². The summed E-state index contributed by atoms with van der Waals surface area (Å²) in [5, 5.41) is 3.57. The first-order valence-corrected chi connectivity index (χ1v) is 8.13. The fourth-order valence-corrected chi connectivity index (χ4v) is 3.64. The van der Waals surface area contributed by atoms with Gasteiger partial charge in [0.05, 0.1) is 29.3 Å². The van der Waals surface area contributed by atoms with E-state index in [4.69, 9.17) is 16.3 Å². The summed E-state index contributed by atoms with van der Waals surface area (Å²) in [6.07, 6.45) is -2.53. The van der Waals surface area contributed by atoms with Crippen molar-refractivity contribution in [2.75, 3.05) is 31.6 Å². The van der Waals surface area contributed by atoms with Crippen molar-refractivity contribution in [3.8, 4) is 5.75 Å². The van der Waals surface area contributed by atoms with Gasteiger partial charge >= 0.3 is 0 Å². The molecule has 3 rings (SSSR count). The Morgan fingerprint density at radius 3 is 2.96 bits per heavy atom. The van der Waals surface area contributed by atoms with Crippen LogP contribution in [0, 0.1) is 5.92 Å². The SMILES string of the molecule is COc1ccc(Cl)c2sc(N3CC(C(=O)NCC(F)F)C3)nc12. The van der Waals surface area contributed by atoms with E-state index in [2.05, 4.69) is 10.3 Å². The molecule has 1 amide bonds. The monoisotopic (exact) mass is 361 g/mol. The van der Waals surface area contributed by atoms with Gasteiger partial charge in [0.2, 0.25) is 5.91 Å². The number of carbonyl (C=O) groups excluding carboxylic acids is 1. The number of hydrogen-bond acceptors (Lipinski definition) is 5. The third-order valence-corrected chi connectivity index (χ3v) is 5.20. The van der Waals surface area contributed by atoms with Crippen LogP contribution in [-0.4, -0.2) is 44.1 Å². The standard InChI is InChI=1S/C14H14ClF2N3O2S/c1-22-9-3-2-8(15)12-11(9)19-14(23-12)20-5-7(6-20)13(21)18-4-10(16)17/h2-3,7,10H,4-6H2,1H3,(H,18,21). The topological polar surface area (TPSA) is 54.5 Å². The lowest BCUT2D eigenvalue weighted by molar-refractivity contribution is -0.126. The van der Waals surface area contributed by atoms with Gasteiger partial charge in [-0.25, -0.2) is 13.8 Å². The zero-order valence-electron chi connectivity index (χ0n) is 12.2. The van der Waals surface area contributed by atoms with Crippen molar-refractivity contribution in [1.82, 2.24) is 10.3 Å². The summed E-state index contributed by atoms with van der Waals surface area (Å²) in [7, 11) is 1.56. The fraction of sp³-hybridized carbons (Fsp3) is 0.429. The molecule has 0 aliphatic carbocycles. The van der Waals surface area contributed by atoms with Gasteiger partial charge in [-0.1, -0.05) is 22.9 Å². The first kappa shape index (κ1) is 16.2. The molecule has 5 nitrogen and oxygen atoms in total. The van der Waals surface area contributed by atoms with Gasteiger partial charge in [-0.3, -0.25) is 4.79 Å². The van der Waals surface area contributed by atoms with Gasteiger partial charge in [0.25, 0.3) is 6.43 Å². The number of rotatable bonds is 5. The molecule has 0 atom stereocenters. The number of fused-ring (bicyclic) bond motifs is 1. The molecule has 0 spiro atoms. The lowest BCUT2D eigenvalue weighted by Crippen LogP contribution is -2.54. The molecule has 1 N–H and O–H groups in total. The number of ether oxygens (including phenoxy) is 1. The highest BCUT2D eigenvalue weighted by Gasteiger charge is 2.34. The van der Waals surface area contributed by atoms with Crippen LogP contribution in [0.25, 0.3) is 10.2 Å². The Bertz CT molecular complexity index is 734. The maximum Gasteiger partial charge on any atom is 0.255 e. The molecule has 124 valence electrons. The molecule has 0 radical (unpaired) electrons. The van der Waals surface area contributed by atoms with Gasteiger partial charge in [0, 0.05) is 13.1 Å². The van der Waals surface area contributed by atoms with Crippen molar-refractivity contribution in [2.24, 2.45) is 5.92 Å². The molecule has 23 heavy (non-hydrogen) atoms. The molecule has 1 fully saturated rings. The second-order valence-corrected chi connectivity index (χ2v) is 6.55. The average molecular weight is 362 g/mol. The van der Waals surface area contributed by atoms with Gasteiger partial charge < -0.3 is 15.0 Å². The molecule has 0 unspecified atom stereocenters. The van der Waals surface area contributed by atoms with Gasteiger partial charge in [-0.15, -0.1) is 0 Å². The molecule has 0 saturated carbocycles. The lowest BCUT2D eigenvalue weighted by Gasteiger charge is -2.37. The zero-order valence-corrected chi connectivity index (χ0v) is 13.8. The number of aromatic nitrogens is 1. The molecule has 1 aromatic carbocycles. The average Bonchev–Trinajstić information content (AvgIpc) is 2.89. The van der Waals surface area contributed by atoms with Crippen LogP contribution in [0.15, 0.2) is 12.1 Å². The fourth-order valence-electron chi connectivity index (χ4n) is 2.36. The number of anilines is 1. The number of nitrogens with zero attached hydrogens (tertiary/aromatic N) is 2. The van der Waals surface area contributed by atoms with E-state index < -0.39 is 13.0 Å². The van der Waals surface area contributed by atoms with E-state index >= 15 is 0 Å². The molecule has 9 heteroatoms. The predicted molar refractivity (Wildman–Crippen MR) is 85.9 cm³/mol. The Hall–Kier alpha value is -1.67. The lowest BCUT2D eigenvalue weighted by atomic mass is 10.0. The minimum absolute atomic E-state index is 0.293. The Morgan fingerprint density at radius 2 is 2.30 bits per heavy atom. The van der Waals surface area contributed by atoms with Crippen molar-refractivity contribution in [3.63, 3.8) is 0 Å². The minimum Gasteiger partial charge on any atom is -0.494 e. The normalized spacial score (nSPS) is 15.1. The van der Waals surface area contributed by atoms with Gasteiger partial charge in [-0.05, 0) is 12.1 Å². The summed E-state index contributed by atoms with van der Waals surface area (Å²) < 4.78 is 30.3. The highest BCUT2D eigenvalue weighted by molar-refractivity contribution is 7.22. The van der Waals surface area contributed by atoms with Crippen molar-refractivity contribution >= 4 is 44.2 Å². The molecule has 1 saturated heterocycles. The number of amides is 1. The number of alkyl halides is 2. The molecule has 2 aromatic rings. The van der Waals surface area contributed by atoms with E-state index in [9.17, 15) is 13.6 Å². The van der Waals surface area contributed by atoms with Gasteiger partial charge in [0.15, 0.2) is 5.13 Å². The van der Waals surface area contributed by atoms with Crippen molar-refractivity contribution in [2.45, 2.75) is 6.43 Å². The largest absolute Gasteiger partial charge is 0.494 e. The summed E-state index contributed by atoms with van der Waals surface area (Å²) >= 11 is 7.60. The highest BCUT2D eigenvalue weighted by Crippen LogP contribution is 2.40. The number of nitrogens with one attached hydrogen (secondary N) is 1. The van der Waals surface area contributed by atoms with Gasteiger partial charge in [-0.2, -0.15) is 0 Å². The summed E-state index contributed by atoms with van der Waals surface area (Å²) in [6, 6.07) is 3.51.